The SMILES string of the molecule is OC1=C(O)C2C(c3c(O)c(O)c(O)c4c(O)c(O)c(O)c(O)c34)=C(O)C(O)=C(c3c4c(O)c(O)c(O)c(O)c4c(-c4c(O)c(O)c5oc6c(O)c(O)c(O)c(O)c6c5c4O)c4c(O)c(O)c(O)c(O)c34)C2C(O)=C1O. The molecule has 0 amide bonds. The van der Waals surface area contributed by atoms with Gasteiger partial charge in [0.05, 0.1) is 33.6 Å². The number of fused-ring (bicyclic) bond motifs is 7. The second kappa shape index (κ2) is 14.5. The Bertz CT molecular complexity index is 4180. The number of aromatic hydroxyl groups is 22. The van der Waals surface area contributed by atoms with E-state index in [4.69, 9.17) is 4.42 Å². The minimum absolute atomic E-state index is 1.01. The first-order chi connectivity index (χ1) is 35.0. The highest BCUT2D eigenvalue weighted by Crippen LogP contribution is 2.69. The number of phenolic OH excluding ortho intramolecular Hbond substituents is 22. The van der Waals surface area contributed by atoms with E-state index in [-0.39, 0.29) is 0 Å². The number of hydrogen-bond donors (Lipinski definition) is 28. The standard InChI is InChI=1S/C46H30O29/c47-17-13(30(60)43(73)45-15(17)16-31(61)41(71)42(72)44(74)46(16)75-45)2-6-3(20(50)33(63)35(65)22(6)52)1(4-7(2)23(53)36(66)34(64)21(4)51)5-8-10(26(56)38(68)37(67)25(8)55)9(19(49)18(5)48)11-12-14(28(58)32(62)24(11)54)29(59)40(70)39(69)27(12)57/h8,10,47-74H. The molecule has 10 rings (SSSR count). The van der Waals surface area contributed by atoms with E-state index in [2.05, 4.69) is 0 Å². The molecular weight excluding hydrogens is 1020 g/mol. The van der Waals surface area contributed by atoms with Crippen LogP contribution in [0.1, 0.15) is 11.1 Å². The van der Waals surface area contributed by atoms with E-state index in [9.17, 15) is 143 Å². The van der Waals surface area contributed by atoms with Crippen molar-refractivity contribution in [3.63, 3.8) is 0 Å². The van der Waals surface area contributed by atoms with Gasteiger partial charge >= 0.3 is 0 Å². The van der Waals surface area contributed by atoms with Crippen molar-refractivity contribution in [2.24, 2.45) is 11.8 Å². The second-order valence-corrected chi connectivity index (χ2v) is 16.9. The quantitative estimate of drug-likeness (QED) is 0.0599. The van der Waals surface area contributed by atoms with Crippen molar-refractivity contribution >= 4 is 65.4 Å². The zero-order valence-corrected chi connectivity index (χ0v) is 36.1. The molecule has 388 valence electrons. The van der Waals surface area contributed by atoms with Gasteiger partial charge < -0.3 is 147 Å². The van der Waals surface area contributed by atoms with Crippen molar-refractivity contribution in [3.8, 4) is 138 Å². The van der Waals surface area contributed by atoms with Crippen LogP contribution in [0.2, 0.25) is 0 Å². The molecule has 1 aromatic heterocycles. The van der Waals surface area contributed by atoms with Crippen molar-refractivity contribution < 1.29 is 147 Å². The summed E-state index contributed by atoms with van der Waals surface area (Å²) in [5.41, 5.74) is -10.7. The average molecular weight is 1050 g/mol. The number of allylic oxidation sites excluding steroid dienone is 2. The van der Waals surface area contributed by atoms with Gasteiger partial charge in [-0.1, -0.05) is 0 Å². The third-order valence-corrected chi connectivity index (χ3v) is 13.3. The lowest BCUT2D eigenvalue weighted by Gasteiger charge is -2.39. The number of benzene rings is 7. The van der Waals surface area contributed by atoms with Gasteiger partial charge in [0.1, 0.15) is 17.3 Å². The summed E-state index contributed by atoms with van der Waals surface area (Å²) in [5.74, 6) is -52.8. The van der Waals surface area contributed by atoms with Crippen molar-refractivity contribution in [1.29, 1.82) is 0 Å². The Morgan fingerprint density at radius 1 is 0.187 bits per heavy atom. The van der Waals surface area contributed by atoms with E-state index in [0.29, 0.717) is 0 Å². The van der Waals surface area contributed by atoms with E-state index in [1.165, 1.54) is 0 Å². The summed E-state index contributed by atoms with van der Waals surface area (Å²) in [6.45, 7) is 0. The van der Waals surface area contributed by atoms with Crippen LogP contribution < -0.4 is 0 Å². The zero-order valence-electron chi connectivity index (χ0n) is 36.1. The number of furan rings is 1. The molecular formula is C46H30O29. The maximum Gasteiger partial charge on any atom is 0.208 e. The molecule has 0 radical (unpaired) electrons. The molecule has 8 aromatic rings. The van der Waals surface area contributed by atoms with Gasteiger partial charge in [-0.2, -0.15) is 0 Å². The van der Waals surface area contributed by atoms with Crippen LogP contribution in [0.15, 0.2) is 39.0 Å². The minimum Gasteiger partial charge on any atom is -0.508 e. The molecule has 0 saturated carbocycles. The summed E-state index contributed by atoms with van der Waals surface area (Å²) >= 11 is 0. The lowest BCUT2D eigenvalue weighted by molar-refractivity contribution is 0.189. The van der Waals surface area contributed by atoms with Crippen molar-refractivity contribution in [2.45, 2.75) is 0 Å². The molecule has 0 aliphatic heterocycles. The largest absolute Gasteiger partial charge is 0.508 e. The van der Waals surface area contributed by atoms with Crippen LogP contribution in [-0.2, 0) is 0 Å². The van der Waals surface area contributed by atoms with E-state index in [1.54, 1.807) is 0 Å². The molecule has 1 heterocycles. The van der Waals surface area contributed by atoms with Gasteiger partial charge in [0.25, 0.3) is 0 Å². The minimum atomic E-state index is -2.80. The van der Waals surface area contributed by atoms with Crippen LogP contribution in [-0.4, -0.2) is 143 Å². The van der Waals surface area contributed by atoms with Crippen LogP contribution in [0.4, 0.5) is 0 Å². The number of hydrogen-bond acceptors (Lipinski definition) is 29. The smallest absolute Gasteiger partial charge is 0.208 e. The van der Waals surface area contributed by atoms with Gasteiger partial charge in [-0.25, -0.2) is 0 Å². The first-order valence-corrected chi connectivity index (χ1v) is 20.4. The molecule has 0 spiro atoms. The predicted octanol–water partition coefficient (Wildman–Crippen LogP) is 5.39. The van der Waals surface area contributed by atoms with Gasteiger partial charge in [0.2, 0.25) is 63.2 Å². The van der Waals surface area contributed by atoms with Crippen LogP contribution in [0.25, 0.3) is 76.5 Å². The molecule has 2 unspecified atom stereocenters. The molecule has 0 saturated heterocycles. The van der Waals surface area contributed by atoms with Gasteiger partial charge in [0.15, 0.2) is 91.7 Å². The number of aliphatic hydroxyl groups is 6. The number of phenols is 22. The van der Waals surface area contributed by atoms with Crippen LogP contribution in [0, 0.1) is 11.8 Å². The highest BCUT2D eigenvalue weighted by atomic mass is 16.4. The summed E-state index contributed by atoms with van der Waals surface area (Å²) in [6.07, 6.45) is 0. The first-order valence-electron chi connectivity index (χ1n) is 20.4. The van der Waals surface area contributed by atoms with Crippen molar-refractivity contribution in [1.82, 2.24) is 0 Å². The van der Waals surface area contributed by atoms with E-state index >= 15 is 0 Å². The summed E-state index contributed by atoms with van der Waals surface area (Å²) in [5, 5.41) is 306. The van der Waals surface area contributed by atoms with Crippen LogP contribution in [0.5, 0.6) is 126 Å². The van der Waals surface area contributed by atoms with Crippen molar-refractivity contribution in [3.05, 3.63) is 45.7 Å². The highest BCUT2D eigenvalue weighted by Gasteiger charge is 2.52. The number of aliphatic hydroxyl groups excluding tert-OH is 6. The molecule has 29 nitrogen and oxygen atoms in total. The predicted molar refractivity (Wildman–Crippen MR) is 245 cm³/mol. The Hall–Kier alpha value is -11.5. The summed E-state index contributed by atoms with van der Waals surface area (Å²) < 4.78 is 5.31. The monoisotopic (exact) mass is 1050 g/mol. The summed E-state index contributed by atoms with van der Waals surface area (Å²) in [7, 11) is 0. The van der Waals surface area contributed by atoms with E-state index in [0.717, 1.165) is 0 Å². The summed E-state index contributed by atoms with van der Waals surface area (Å²) in [6, 6.07) is 0. The second-order valence-electron chi connectivity index (χ2n) is 16.9. The van der Waals surface area contributed by atoms with E-state index < -0.39 is 261 Å². The normalized spacial score (nSPS) is 16.2. The maximum atomic E-state index is 12.4. The fourth-order valence-corrected chi connectivity index (χ4v) is 9.96. The average Bonchev–Trinajstić information content (AvgIpc) is 3.80. The Morgan fingerprint density at radius 2 is 0.440 bits per heavy atom. The highest BCUT2D eigenvalue weighted by molar-refractivity contribution is 6.30. The van der Waals surface area contributed by atoms with Gasteiger partial charge in [-0.3, -0.25) is 0 Å². The lowest BCUT2D eigenvalue weighted by Crippen LogP contribution is -2.33. The molecule has 0 fully saturated rings. The molecule has 7 aromatic carbocycles. The zero-order chi connectivity index (χ0) is 55.3. The molecule has 75 heavy (non-hydrogen) atoms. The fourth-order valence-electron chi connectivity index (χ4n) is 9.96. The van der Waals surface area contributed by atoms with Crippen LogP contribution in [0.3, 0.4) is 0 Å². The van der Waals surface area contributed by atoms with Gasteiger partial charge in [-0.15, -0.1) is 0 Å². The summed E-state index contributed by atoms with van der Waals surface area (Å²) in [4.78, 5) is 0. The van der Waals surface area contributed by atoms with E-state index in [1.807, 2.05) is 0 Å². The molecule has 2 aliphatic carbocycles. The molecule has 29 heteroatoms. The lowest BCUT2D eigenvalue weighted by atomic mass is 9.66. The Morgan fingerprint density at radius 3 is 0.827 bits per heavy atom. The topological polar surface area (TPSA) is 580 Å². The van der Waals surface area contributed by atoms with Crippen LogP contribution >= 0.6 is 0 Å². The Labute approximate surface area is 407 Å². The third-order valence-electron chi connectivity index (χ3n) is 13.3. The molecule has 2 aliphatic rings. The molecule has 2 atom stereocenters. The number of rotatable bonds is 3. The van der Waals surface area contributed by atoms with Crippen molar-refractivity contribution in [2.75, 3.05) is 0 Å². The third kappa shape index (κ3) is 5.26. The molecule has 28 N–H and O–H groups in total. The maximum absolute atomic E-state index is 12.4. The van der Waals surface area contributed by atoms with Gasteiger partial charge in [-0.05, 0) is 0 Å². The Balaban J connectivity index is 1.50. The first kappa shape index (κ1) is 47.2. The van der Waals surface area contributed by atoms with Gasteiger partial charge in [0, 0.05) is 54.8 Å². The fraction of sp³-hybridized carbons (Fsp3) is 0.0435. The Kier molecular flexibility index (Phi) is 9.14. The molecule has 0 bridgehead atoms.